The predicted molar refractivity (Wildman–Crippen MR) is 86.6 cm³/mol. The maximum absolute atomic E-state index is 5.93. The maximum atomic E-state index is 5.93. The summed E-state index contributed by atoms with van der Waals surface area (Å²) in [5.41, 5.74) is 8.44. The van der Waals surface area contributed by atoms with Gasteiger partial charge in [0.05, 0.1) is 5.69 Å². The number of halogens is 1. The second kappa shape index (κ2) is 6.76. The number of benzene rings is 1. The molecule has 1 saturated heterocycles. The molecule has 2 nitrogen and oxygen atoms in total. The minimum Gasteiger partial charge on any atom is -0.371 e. The van der Waals surface area contributed by atoms with Crippen LogP contribution in [0.1, 0.15) is 51.1 Å². The first-order valence-electron chi connectivity index (χ1n) is 7.41. The molecule has 1 atom stereocenters. The molecule has 0 spiro atoms. The Kier molecular flexibility index (Phi) is 5.28. The highest BCUT2D eigenvalue weighted by atomic mass is 79.9. The predicted octanol–water partition coefficient (Wildman–Crippen LogP) is 4.49. The largest absolute Gasteiger partial charge is 0.371 e. The zero-order valence-corrected chi connectivity index (χ0v) is 13.6. The van der Waals surface area contributed by atoms with Crippen molar-refractivity contribution in [2.75, 3.05) is 18.0 Å². The van der Waals surface area contributed by atoms with Crippen molar-refractivity contribution in [1.82, 2.24) is 0 Å². The van der Waals surface area contributed by atoms with E-state index in [0.29, 0.717) is 0 Å². The standard InChI is InChI=1S/C16H25BrN2/c1-3-4-13-7-9-19(10-8-13)16-6-5-14(12(2)18)11-15(16)17/h5-6,11-13H,3-4,7-10,18H2,1-2H3/t12-/m1/s1. The van der Waals surface area contributed by atoms with Gasteiger partial charge < -0.3 is 10.6 Å². The van der Waals surface area contributed by atoms with E-state index >= 15 is 0 Å². The summed E-state index contributed by atoms with van der Waals surface area (Å²) >= 11 is 3.70. The zero-order chi connectivity index (χ0) is 13.8. The molecular weight excluding hydrogens is 300 g/mol. The van der Waals surface area contributed by atoms with Crippen molar-refractivity contribution in [3.8, 4) is 0 Å². The quantitative estimate of drug-likeness (QED) is 0.884. The highest BCUT2D eigenvalue weighted by Crippen LogP contribution is 2.32. The first kappa shape index (κ1) is 14.9. The topological polar surface area (TPSA) is 29.3 Å². The lowest BCUT2D eigenvalue weighted by molar-refractivity contribution is 0.378. The van der Waals surface area contributed by atoms with Gasteiger partial charge in [0.2, 0.25) is 0 Å². The molecule has 0 amide bonds. The fraction of sp³-hybridized carbons (Fsp3) is 0.625. The number of nitrogens with zero attached hydrogens (tertiary/aromatic N) is 1. The molecule has 2 rings (SSSR count). The van der Waals surface area contributed by atoms with Crippen LogP contribution < -0.4 is 10.6 Å². The van der Waals surface area contributed by atoms with Crippen LogP contribution in [-0.4, -0.2) is 13.1 Å². The molecule has 1 aliphatic rings. The van der Waals surface area contributed by atoms with Gasteiger partial charge in [-0.2, -0.15) is 0 Å². The molecule has 0 radical (unpaired) electrons. The van der Waals surface area contributed by atoms with Gasteiger partial charge in [0.25, 0.3) is 0 Å². The number of nitrogens with two attached hydrogens (primary N) is 1. The highest BCUT2D eigenvalue weighted by Gasteiger charge is 2.20. The van der Waals surface area contributed by atoms with E-state index in [1.54, 1.807) is 0 Å². The van der Waals surface area contributed by atoms with E-state index in [2.05, 4.69) is 46.0 Å². The Morgan fingerprint density at radius 2 is 2.05 bits per heavy atom. The first-order valence-corrected chi connectivity index (χ1v) is 8.21. The lowest BCUT2D eigenvalue weighted by Gasteiger charge is -2.34. The number of rotatable bonds is 4. The molecule has 1 aliphatic heterocycles. The van der Waals surface area contributed by atoms with E-state index in [1.165, 1.54) is 54.5 Å². The molecule has 1 aromatic rings. The number of anilines is 1. The minimum absolute atomic E-state index is 0.0978. The fourth-order valence-corrected chi connectivity index (χ4v) is 3.58. The third kappa shape index (κ3) is 3.73. The van der Waals surface area contributed by atoms with Crippen LogP contribution in [0.3, 0.4) is 0 Å². The summed E-state index contributed by atoms with van der Waals surface area (Å²) in [6, 6.07) is 6.63. The van der Waals surface area contributed by atoms with Crippen molar-refractivity contribution in [1.29, 1.82) is 0 Å². The normalized spacial score (nSPS) is 18.6. The Morgan fingerprint density at radius 1 is 1.37 bits per heavy atom. The van der Waals surface area contributed by atoms with Crippen molar-refractivity contribution >= 4 is 21.6 Å². The SMILES string of the molecule is CCCC1CCN(c2ccc([C@@H](C)N)cc2Br)CC1. The maximum Gasteiger partial charge on any atom is 0.0510 e. The second-order valence-electron chi connectivity index (χ2n) is 5.72. The molecule has 1 fully saturated rings. The van der Waals surface area contributed by atoms with Crippen LogP contribution in [0.25, 0.3) is 0 Å². The Morgan fingerprint density at radius 3 is 2.58 bits per heavy atom. The molecule has 2 N–H and O–H groups in total. The monoisotopic (exact) mass is 324 g/mol. The summed E-state index contributed by atoms with van der Waals surface area (Å²) in [5, 5.41) is 0. The van der Waals surface area contributed by atoms with Gasteiger partial charge in [-0.05, 0) is 59.3 Å². The van der Waals surface area contributed by atoms with Gasteiger partial charge in [0.1, 0.15) is 0 Å². The average molecular weight is 325 g/mol. The third-order valence-electron chi connectivity index (χ3n) is 4.15. The smallest absolute Gasteiger partial charge is 0.0510 e. The molecule has 0 bridgehead atoms. The summed E-state index contributed by atoms with van der Waals surface area (Å²) in [6.45, 7) is 6.68. The Labute approximate surface area is 125 Å². The Bertz CT molecular complexity index is 409. The third-order valence-corrected chi connectivity index (χ3v) is 4.78. The minimum atomic E-state index is 0.0978. The molecule has 19 heavy (non-hydrogen) atoms. The zero-order valence-electron chi connectivity index (χ0n) is 12.0. The summed E-state index contributed by atoms with van der Waals surface area (Å²) in [6.07, 6.45) is 5.36. The number of hydrogen-bond donors (Lipinski definition) is 1. The van der Waals surface area contributed by atoms with Gasteiger partial charge in [0, 0.05) is 23.6 Å². The van der Waals surface area contributed by atoms with Crippen LogP contribution in [0.5, 0.6) is 0 Å². The summed E-state index contributed by atoms with van der Waals surface area (Å²) in [4.78, 5) is 2.50. The van der Waals surface area contributed by atoms with Gasteiger partial charge >= 0.3 is 0 Å². The lowest BCUT2D eigenvalue weighted by atomic mass is 9.92. The molecule has 106 valence electrons. The molecule has 1 aromatic carbocycles. The molecule has 0 aromatic heterocycles. The van der Waals surface area contributed by atoms with Crippen molar-refractivity contribution in [3.63, 3.8) is 0 Å². The van der Waals surface area contributed by atoms with Crippen molar-refractivity contribution in [2.45, 2.75) is 45.6 Å². The van der Waals surface area contributed by atoms with Crippen LogP contribution in [0, 0.1) is 5.92 Å². The van der Waals surface area contributed by atoms with E-state index in [-0.39, 0.29) is 6.04 Å². The average Bonchev–Trinajstić information content (AvgIpc) is 2.40. The highest BCUT2D eigenvalue weighted by molar-refractivity contribution is 9.10. The van der Waals surface area contributed by atoms with Crippen LogP contribution in [0.4, 0.5) is 5.69 Å². The van der Waals surface area contributed by atoms with Crippen LogP contribution >= 0.6 is 15.9 Å². The summed E-state index contributed by atoms with van der Waals surface area (Å²) < 4.78 is 1.18. The van der Waals surface area contributed by atoms with E-state index in [1.807, 2.05) is 6.92 Å². The lowest BCUT2D eigenvalue weighted by Crippen LogP contribution is -2.33. The van der Waals surface area contributed by atoms with Crippen molar-refractivity contribution < 1.29 is 0 Å². The molecule has 0 aliphatic carbocycles. The van der Waals surface area contributed by atoms with Crippen LogP contribution in [-0.2, 0) is 0 Å². The second-order valence-corrected chi connectivity index (χ2v) is 6.57. The first-order chi connectivity index (χ1) is 9.11. The molecule has 0 unspecified atom stereocenters. The Balaban J connectivity index is 2.03. The molecule has 1 heterocycles. The van der Waals surface area contributed by atoms with Crippen molar-refractivity contribution in [3.05, 3.63) is 28.2 Å². The van der Waals surface area contributed by atoms with E-state index < -0.39 is 0 Å². The molecule has 0 saturated carbocycles. The van der Waals surface area contributed by atoms with Gasteiger partial charge in [-0.15, -0.1) is 0 Å². The summed E-state index contributed by atoms with van der Waals surface area (Å²) in [5.74, 6) is 0.934. The summed E-state index contributed by atoms with van der Waals surface area (Å²) in [7, 11) is 0. The van der Waals surface area contributed by atoms with E-state index in [9.17, 15) is 0 Å². The van der Waals surface area contributed by atoms with E-state index in [0.717, 1.165) is 5.92 Å². The van der Waals surface area contributed by atoms with E-state index in [4.69, 9.17) is 5.73 Å². The Hall–Kier alpha value is -0.540. The van der Waals surface area contributed by atoms with Gasteiger partial charge in [-0.1, -0.05) is 25.8 Å². The van der Waals surface area contributed by atoms with Gasteiger partial charge in [0.15, 0.2) is 0 Å². The number of piperidine rings is 1. The van der Waals surface area contributed by atoms with Crippen LogP contribution in [0.15, 0.2) is 22.7 Å². The van der Waals surface area contributed by atoms with Crippen LogP contribution in [0.2, 0.25) is 0 Å². The fourth-order valence-electron chi connectivity index (χ4n) is 2.93. The molecule has 3 heteroatoms. The van der Waals surface area contributed by atoms with Gasteiger partial charge in [-0.25, -0.2) is 0 Å². The van der Waals surface area contributed by atoms with Crippen molar-refractivity contribution in [2.24, 2.45) is 11.7 Å². The van der Waals surface area contributed by atoms with Gasteiger partial charge in [-0.3, -0.25) is 0 Å². The molecular formula is C16H25BrN2. The number of hydrogen-bond acceptors (Lipinski definition) is 2.